The molecular formula is C15H16FN3O2. The van der Waals surface area contributed by atoms with Gasteiger partial charge in [-0.15, -0.1) is 0 Å². The van der Waals surface area contributed by atoms with Gasteiger partial charge in [-0.25, -0.2) is 14.4 Å². The van der Waals surface area contributed by atoms with Crippen LogP contribution in [0.5, 0.6) is 0 Å². The second-order valence-electron chi connectivity index (χ2n) is 5.17. The van der Waals surface area contributed by atoms with Crippen molar-refractivity contribution in [3.63, 3.8) is 0 Å². The Bertz CT molecular complexity index is 677. The molecule has 1 fully saturated rings. The van der Waals surface area contributed by atoms with Crippen molar-refractivity contribution in [3.05, 3.63) is 30.3 Å². The summed E-state index contributed by atoms with van der Waals surface area (Å²) in [6.45, 7) is 1.32. The van der Waals surface area contributed by atoms with Gasteiger partial charge in [0, 0.05) is 18.5 Å². The summed E-state index contributed by atoms with van der Waals surface area (Å²) >= 11 is 0. The van der Waals surface area contributed by atoms with Crippen molar-refractivity contribution in [2.45, 2.75) is 12.8 Å². The average Bonchev–Trinajstić information content (AvgIpc) is 2.53. The number of esters is 1. The van der Waals surface area contributed by atoms with Crippen LogP contribution in [0.4, 0.5) is 10.2 Å². The second kappa shape index (κ2) is 5.63. The molecule has 2 aromatic rings. The topological polar surface area (TPSA) is 55.3 Å². The maximum atomic E-state index is 13.5. The van der Waals surface area contributed by atoms with Crippen LogP contribution in [0.25, 0.3) is 10.9 Å². The van der Waals surface area contributed by atoms with Crippen LogP contribution >= 0.6 is 0 Å². The Kier molecular flexibility index (Phi) is 3.68. The van der Waals surface area contributed by atoms with Crippen LogP contribution in [0.1, 0.15) is 12.8 Å². The lowest BCUT2D eigenvalue weighted by Crippen LogP contribution is -2.39. The lowest BCUT2D eigenvalue weighted by Gasteiger charge is -2.32. The molecule has 110 valence electrons. The van der Waals surface area contributed by atoms with Crippen molar-refractivity contribution in [1.82, 2.24) is 9.97 Å². The van der Waals surface area contributed by atoms with E-state index in [4.69, 9.17) is 4.74 Å². The first-order chi connectivity index (χ1) is 10.2. The van der Waals surface area contributed by atoms with Crippen molar-refractivity contribution in [1.29, 1.82) is 0 Å². The van der Waals surface area contributed by atoms with Gasteiger partial charge in [0.15, 0.2) is 0 Å². The number of hydrogen-bond acceptors (Lipinski definition) is 5. The molecule has 0 amide bonds. The smallest absolute Gasteiger partial charge is 0.310 e. The molecular weight excluding hydrogens is 273 g/mol. The van der Waals surface area contributed by atoms with Crippen molar-refractivity contribution in [2.75, 3.05) is 25.1 Å². The summed E-state index contributed by atoms with van der Waals surface area (Å²) in [5, 5.41) is 0.669. The highest BCUT2D eigenvalue weighted by atomic mass is 19.1. The summed E-state index contributed by atoms with van der Waals surface area (Å²) < 4.78 is 18.3. The lowest BCUT2D eigenvalue weighted by molar-refractivity contribution is -0.145. The maximum Gasteiger partial charge on any atom is 0.310 e. The van der Waals surface area contributed by atoms with Gasteiger partial charge in [0.1, 0.15) is 18.0 Å². The molecule has 2 heterocycles. The van der Waals surface area contributed by atoms with E-state index in [1.165, 1.54) is 25.6 Å². The molecule has 1 aliphatic rings. The third-order valence-electron chi connectivity index (χ3n) is 3.83. The Hall–Kier alpha value is -2.24. The first-order valence-corrected chi connectivity index (χ1v) is 6.92. The normalized spacial score (nSPS) is 18.8. The highest BCUT2D eigenvalue weighted by Crippen LogP contribution is 2.28. The predicted molar refractivity (Wildman–Crippen MR) is 76.4 cm³/mol. The molecule has 0 N–H and O–H groups in total. The summed E-state index contributed by atoms with van der Waals surface area (Å²) in [6, 6.07) is 4.45. The summed E-state index contributed by atoms with van der Waals surface area (Å²) in [4.78, 5) is 22.2. The largest absolute Gasteiger partial charge is 0.469 e. The minimum atomic E-state index is -0.319. The summed E-state index contributed by atoms with van der Waals surface area (Å²) in [5.41, 5.74) is 0.696. The quantitative estimate of drug-likeness (QED) is 0.793. The van der Waals surface area contributed by atoms with Gasteiger partial charge in [0.2, 0.25) is 0 Å². The van der Waals surface area contributed by atoms with Crippen molar-refractivity contribution < 1.29 is 13.9 Å². The lowest BCUT2D eigenvalue weighted by atomic mass is 9.98. The van der Waals surface area contributed by atoms with Gasteiger partial charge in [0.05, 0.1) is 18.5 Å². The van der Waals surface area contributed by atoms with Gasteiger partial charge in [-0.1, -0.05) is 0 Å². The zero-order valence-electron chi connectivity index (χ0n) is 11.8. The molecule has 3 rings (SSSR count). The molecule has 6 heteroatoms. The minimum Gasteiger partial charge on any atom is -0.469 e. The van der Waals surface area contributed by atoms with E-state index in [1.807, 2.05) is 4.90 Å². The standard InChI is InChI=1S/C15H16FN3O2/c1-21-15(20)10-3-2-6-19(8-10)14-12-7-11(16)4-5-13(12)17-9-18-14/h4-5,7,9-10H,2-3,6,8H2,1H3/t10-/m0/s1. The molecule has 1 atom stereocenters. The maximum absolute atomic E-state index is 13.5. The fourth-order valence-corrected chi connectivity index (χ4v) is 2.80. The number of benzene rings is 1. The Morgan fingerprint density at radius 2 is 2.29 bits per heavy atom. The molecule has 1 saturated heterocycles. The Morgan fingerprint density at radius 3 is 3.10 bits per heavy atom. The Balaban J connectivity index is 1.96. The Labute approximate surface area is 121 Å². The fraction of sp³-hybridized carbons (Fsp3) is 0.400. The monoisotopic (exact) mass is 289 g/mol. The third kappa shape index (κ3) is 2.66. The van der Waals surface area contributed by atoms with E-state index in [9.17, 15) is 9.18 Å². The Morgan fingerprint density at radius 1 is 1.43 bits per heavy atom. The summed E-state index contributed by atoms with van der Waals surface area (Å²) in [5.74, 6) is -0.0141. The molecule has 0 radical (unpaired) electrons. The first kappa shape index (κ1) is 13.7. The number of hydrogen-bond donors (Lipinski definition) is 0. The van der Waals surface area contributed by atoms with Gasteiger partial charge in [-0.3, -0.25) is 4.79 Å². The first-order valence-electron chi connectivity index (χ1n) is 6.92. The molecule has 1 aromatic heterocycles. The summed E-state index contributed by atoms with van der Waals surface area (Å²) in [6.07, 6.45) is 3.15. The van der Waals surface area contributed by atoms with Crippen LogP contribution in [0, 0.1) is 11.7 Å². The van der Waals surface area contributed by atoms with E-state index in [0.29, 0.717) is 23.3 Å². The molecule has 0 unspecified atom stereocenters. The van der Waals surface area contributed by atoms with E-state index >= 15 is 0 Å². The van der Waals surface area contributed by atoms with Crippen LogP contribution in [0.3, 0.4) is 0 Å². The molecule has 0 aliphatic carbocycles. The minimum absolute atomic E-state index is 0.165. The number of carbonyl (C=O) groups is 1. The number of fused-ring (bicyclic) bond motifs is 1. The van der Waals surface area contributed by atoms with E-state index in [0.717, 1.165) is 19.4 Å². The van der Waals surface area contributed by atoms with Gasteiger partial charge >= 0.3 is 5.97 Å². The number of ether oxygens (including phenoxy) is 1. The van der Waals surface area contributed by atoms with Crippen LogP contribution in [-0.4, -0.2) is 36.1 Å². The van der Waals surface area contributed by atoms with E-state index < -0.39 is 0 Å². The number of nitrogens with zero attached hydrogens (tertiary/aromatic N) is 3. The van der Waals surface area contributed by atoms with Crippen molar-refractivity contribution in [3.8, 4) is 0 Å². The number of methoxy groups -OCH3 is 1. The number of piperidine rings is 1. The van der Waals surface area contributed by atoms with Crippen LogP contribution in [-0.2, 0) is 9.53 Å². The number of carbonyl (C=O) groups excluding carboxylic acids is 1. The number of aromatic nitrogens is 2. The molecule has 1 aromatic carbocycles. The van der Waals surface area contributed by atoms with E-state index in [2.05, 4.69) is 9.97 Å². The van der Waals surface area contributed by atoms with Crippen LogP contribution < -0.4 is 4.90 Å². The summed E-state index contributed by atoms with van der Waals surface area (Å²) in [7, 11) is 1.40. The molecule has 0 bridgehead atoms. The molecule has 1 aliphatic heterocycles. The average molecular weight is 289 g/mol. The van der Waals surface area contributed by atoms with E-state index in [-0.39, 0.29) is 17.7 Å². The number of halogens is 1. The SMILES string of the molecule is COC(=O)[C@H]1CCCN(c2ncnc3ccc(F)cc23)C1. The van der Waals surface area contributed by atoms with Crippen LogP contribution in [0.2, 0.25) is 0 Å². The number of anilines is 1. The van der Waals surface area contributed by atoms with Gasteiger partial charge < -0.3 is 9.64 Å². The highest BCUT2D eigenvalue weighted by Gasteiger charge is 2.28. The highest BCUT2D eigenvalue weighted by molar-refractivity contribution is 5.89. The molecule has 0 spiro atoms. The zero-order chi connectivity index (χ0) is 14.8. The fourth-order valence-electron chi connectivity index (χ4n) is 2.80. The van der Waals surface area contributed by atoms with Gasteiger partial charge in [-0.05, 0) is 31.0 Å². The van der Waals surface area contributed by atoms with E-state index in [1.54, 1.807) is 6.07 Å². The van der Waals surface area contributed by atoms with Crippen molar-refractivity contribution in [2.24, 2.45) is 5.92 Å². The zero-order valence-corrected chi connectivity index (χ0v) is 11.8. The van der Waals surface area contributed by atoms with Gasteiger partial charge in [-0.2, -0.15) is 0 Å². The molecule has 0 saturated carbocycles. The molecule has 21 heavy (non-hydrogen) atoms. The van der Waals surface area contributed by atoms with Gasteiger partial charge in [0.25, 0.3) is 0 Å². The third-order valence-corrected chi connectivity index (χ3v) is 3.83. The predicted octanol–water partition coefficient (Wildman–Crippen LogP) is 2.16. The number of rotatable bonds is 2. The second-order valence-corrected chi connectivity index (χ2v) is 5.17. The van der Waals surface area contributed by atoms with Crippen molar-refractivity contribution >= 4 is 22.7 Å². The van der Waals surface area contributed by atoms with Crippen LogP contribution in [0.15, 0.2) is 24.5 Å². The molecule has 5 nitrogen and oxygen atoms in total.